The van der Waals surface area contributed by atoms with Gasteiger partial charge in [0.05, 0.1) is 0 Å². The Hall–Kier alpha value is -1.50. The average molecular weight is 377 g/mol. The number of rotatable bonds is 3. The lowest BCUT2D eigenvalue weighted by Gasteiger charge is -2.32. The van der Waals surface area contributed by atoms with E-state index in [1.165, 1.54) is 11.3 Å². The van der Waals surface area contributed by atoms with Gasteiger partial charge in [0, 0.05) is 55.4 Å². The van der Waals surface area contributed by atoms with Crippen LogP contribution in [0.3, 0.4) is 0 Å². The van der Waals surface area contributed by atoms with Crippen LogP contribution in [0.4, 0.5) is 0 Å². The molecule has 132 valence electrons. The first kappa shape index (κ1) is 16.9. The summed E-state index contributed by atoms with van der Waals surface area (Å²) in [4.78, 5) is 2.85. The Morgan fingerprint density at radius 2 is 1.96 bits per heavy atom. The minimum Gasteiger partial charge on any atom is -0.314 e. The molecule has 1 atom stereocenters. The third-order valence-corrected chi connectivity index (χ3v) is 8.20. The van der Waals surface area contributed by atoms with Gasteiger partial charge in [-0.15, -0.1) is 11.3 Å². The van der Waals surface area contributed by atoms with Crippen molar-refractivity contribution in [3.63, 3.8) is 0 Å². The van der Waals surface area contributed by atoms with E-state index in [1.807, 2.05) is 18.2 Å². The van der Waals surface area contributed by atoms with Crippen LogP contribution in [0.15, 0.2) is 29.2 Å². The van der Waals surface area contributed by atoms with Crippen molar-refractivity contribution < 1.29 is 8.42 Å². The first-order chi connectivity index (χ1) is 12.1. The summed E-state index contributed by atoms with van der Waals surface area (Å²) in [6.07, 6.45) is 0.850. The molecule has 2 aliphatic rings. The van der Waals surface area contributed by atoms with Gasteiger partial charge in [-0.25, -0.2) is 8.42 Å². The molecule has 1 aromatic carbocycles. The average Bonchev–Trinajstić information content (AvgIpc) is 3.27. The van der Waals surface area contributed by atoms with Crippen LogP contribution in [0.5, 0.6) is 0 Å². The van der Waals surface area contributed by atoms with Crippen molar-refractivity contribution >= 4 is 31.4 Å². The molecule has 0 saturated carbocycles. The summed E-state index contributed by atoms with van der Waals surface area (Å²) in [5, 5.41) is 13.4. The molecule has 6 nitrogen and oxygen atoms in total. The number of hydrogen-bond acceptors (Lipinski definition) is 6. The number of nitrogens with one attached hydrogen (secondary N) is 1. The fourth-order valence-electron chi connectivity index (χ4n) is 3.75. The first-order valence-electron chi connectivity index (χ1n) is 8.48. The number of piperazine rings is 1. The summed E-state index contributed by atoms with van der Waals surface area (Å²) >= 11 is 1.25. The molecule has 2 fully saturated rings. The van der Waals surface area contributed by atoms with Crippen LogP contribution in [0.2, 0.25) is 0 Å². The van der Waals surface area contributed by atoms with Crippen LogP contribution in [-0.4, -0.2) is 62.9 Å². The fraction of sp³-hybridized carbons (Fsp3) is 0.471. The van der Waals surface area contributed by atoms with E-state index in [0.717, 1.165) is 37.3 Å². The Morgan fingerprint density at radius 3 is 2.72 bits per heavy atom. The summed E-state index contributed by atoms with van der Waals surface area (Å²) in [5.74, 6) is 0. The van der Waals surface area contributed by atoms with Crippen LogP contribution >= 0.6 is 11.3 Å². The van der Waals surface area contributed by atoms with E-state index < -0.39 is 10.0 Å². The molecule has 2 aromatic rings. The molecule has 4 rings (SSSR count). The molecule has 2 aliphatic heterocycles. The second kappa shape index (κ2) is 6.67. The van der Waals surface area contributed by atoms with Crippen molar-refractivity contribution in [1.82, 2.24) is 14.5 Å². The molecule has 0 radical (unpaired) electrons. The lowest BCUT2D eigenvalue weighted by atomic mass is 10.2. The first-order valence-corrected chi connectivity index (χ1v) is 10.7. The molecular weight excluding hydrogens is 356 g/mol. The van der Waals surface area contributed by atoms with Crippen LogP contribution in [0, 0.1) is 11.3 Å². The van der Waals surface area contributed by atoms with Gasteiger partial charge in [-0.2, -0.15) is 9.57 Å². The van der Waals surface area contributed by atoms with Gasteiger partial charge in [0.1, 0.15) is 15.8 Å². The highest BCUT2D eigenvalue weighted by Gasteiger charge is 2.38. The maximum Gasteiger partial charge on any atom is 0.245 e. The Balaban J connectivity index is 1.66. The summed E-state index contributed by atoms with van der Waals surface area (Å²) in [5.41, 5.74) is 0. The predicted molar refractivity (Wildman–Crippen MR) is 98.1 cm³/mol. The Kier molecular flexibility index (Phi) is 4.52. The molecule has 8 heteroatoms. The van der Waals surface area contributed by atoms with Gasteiger partial charge < -0.3 is 5.32 Å². The topological polar surface area (TPSA) is 76.4 Å². The SMILES string of the molecule is N#Cc1sc2ccccc2c1S(=O)(=O)N1CCC(N2CCNCC2)C1. The van der Waals surface area contributed by atoms with Gasteiger partial charge >= 0.3 is 0 Å². The number of sulfonamides is 1. The largest absolute Gasteiger partial charge is 0.314 e. The highest BCUT2D eigenvalue weighted by Crippen LogP contribution is 2.37. The van der Waals surface area contributed by atoms with Crippen molar-refractivity contribution in [1.29, 1.82) is 5.26 Å². The third kappa shape index (κ3) is 2.96. The maximum atomic E-state index is 13.3. The number of benzene rings is 1. The Bertz CT molecular complexity index is 926. The fourth-order valence-corrected chi connectivity index (χ4v) is 6.86. The van der Waals surface area contributed by atoms with Crippen molar-refractivity contribution in [2.24, 2.45) is 0 Å². The van der Waals surface area contributed by atoms with E-state index in [9.17, 15) is 13.7 Å². The molecule has 0 amide bonds. The molecule has 3 heterocycles. The molecular formula is C17H20N4O2S2. The second-order valence-corrected chi connectivity index (χ2v) is 9.39. The van der Waals surface area contributed by atoms with Crippen molar-refractivity contribution in [2.75, 3.05) is 39.3 Å². The molecule has 25 heavy (non-hydrogen) atoms. The molecule has 1 N–H and O–H groups in total. The molecule has 1 unspecified atom stereocenters. The van der Waals surface area contributed by atoms with Gasteiger partial charge in [-0.1, -0.05) is 18.2 Å². The molecule has 0 spiro atoms. The summed E-state index contributed by atoms with van der Waals surface area (Å²) in [6, 6.07) is 9.71. The molecule has 0 bridgehead atoms. The summed E-state index contributed by atoms with van der Waals surface area (Å²) < 4.78 is 28.9. The van der Waals surface area contributed by atoms with Gasteiger partial charge in [0.25, 0.3) is 0 Å². The zero-order valence-electron chi connectivity index (χ0n) is 13.8. The monoisotopic (exact) mass is 376 g/mol. The second-order valence-electron chi connectivity index (χ2n) is 6.46. The highest BCUT2D eigenvalue weighted by atomic mass is 32.2. The zero-order valence-corrected chi connectivity index (χ0v) is 15.4. The molecule has 0 aliphatic carbocycles. The van der Waals surface area contributed by atoms with Gasteiger partial charge in [-0.3, -0.25) is 4.90 Å². The van der Waals surface area contributed by atoms with Gasteiger partial charge in [0.15, 0.2) is 0 Å². The normalized spacial score (nSPS) is 23.1. The zero-order chi connectivity index (χ0) is 17.4. The van der Waals surface area contributed by atoms with Crippen molar-refractivity contribution in [3.05, 3.63) is 29.1 Å². The van der Waals surface area contributed by atoms with E-state index in [4.69, 9.17) is 0 Å². The van der Waals surface area contributed by atoms with Gasteiger partial charge in [-0.05, 0) is 12.5 Å². The maximum absolute atomic E-state index is 13.3. The number of nitrogens with zero attached hydrogens (tertiary/aromatic N) is 3. The lowest BCUT2D eigenvalue weighted by Crippen LogP contribution is -2.49. The van der Waals surface area contributed by atoms with Crippen LogP contribution in [0.25, 0.3) is 10.1 Å². The lowest BCUT2D eigenvalue weighted by molar-refractivity contribution is 0.179. The van der Waals surface area contributed by atoms with E-state index in [0.29, 0.717) is 18.5 Å². The quantitative estimate of drug-likeness (QED) is 0.877. The Morgan fingerprint density at radius 1 is 1.20 bits per heavy atom. The predicted octanol–water partition coefficient (Wildman–Crippen LogP) is 1.44. The standard InChI is InChI=1S/C17H20N4O2S2/c18-11-16-17(14-3-1-2-4-15(14)24-16)25(22,23)21-8-5-13(12-21)20-9-6-19-7-10-20/h1-4,13,19H,5-10,12H2. The van der Waals surface area contributed by atoms with E-state index in [-0.39, 0.29) is 15.8 Å². The van der Waals surface area contributed by atoms with Gasteiger partial charge in [0.2, 0.25) is 10.0 Å². The third-order valence-electron chi connectivity index (χ3n) is 5.04. The number of nitriles is 1. The minimum atomic E-state index is -3.66. The number of fused-ring (bicyclic) bond motifs is 1. The van der Waals surface area contributed by atoms with Crippen LogP contribution in [0.1, 0.15) is 11.3 Å². The summed E-state index contributed by atoms with van der Waals surface area (Å²) in [6.45, 7) is 4.87. The number of thiophene rings is 1. The van der Waals surface area contributed by atoms with Crippen molar-refractivity contribution in [2.45, 2.75) is 17.4 Å². The molecule has 2 saturated heterocycles. The minimum absolute atomic E-state index is 0.191. The smallest absolute Gasteiger partial charge is 0.245 e. The molecule has 1 aromatic heterocycles. The van der Waals surface area contributed by atoms with E-state index in [2.05, 4.69) is 16.3 Å². The highest BCUT2D eigenvalue weighted by molar-refractivity contribution is 7.89. The van der Waals surface area contributed by atoms with E-state index in [1.54, 1.807) is 10.4 Å². The van der Waals surface area contributed by atoms with Crippen molar-refractivity contribution in [3.8, 4) is 6.07 Å². The number of hydrogen-bond donors (Lipinski definition) is 1. The van der Waals surface area contributed by atoms with Crippen LogP contribution in [-0.2, 0) is 10.0 Å². The Labute approximate surface area is 151 Å². The van der Waals surface area contributed by atoms with E-state index >= 15 is 0 Å². The summed E-state index contributed by atoms with van der Waals surface area (Å²) in [7, 11) is -3.66. The van der Waals surface area contributed by atoms with Crippen LogP contribution < -0.4 is 5.32 Å².